The van der Waals surface area contributed by atoms with E-state index in [-0.39, 0.29) is 11.8 Å². The van der Waals surface area contributed by atoms with Crippen molar-refractivity contribution in [2.24, 2.45) is 0 Å². The minimum Gasteiger partial charge on any atom is -0.493 e. The van der Waals surface area contributed by atoms with E-state index in [4.69, 9.17) is 18.9 Å². The molecule has 1 atom stereocenters. The first-order chi connectivity index (χ1) is 16.9. The lowest BCUT2D eigenvalue weighted by Crippen LogP contribution is -2.35. The van der Waals surface area contributed by atoms with Crippen molar-refractivity contribution in [3.05, 3.63) is 58.8 Å². The Morgan fingerprint density at radius 3 is 2.14 bits per heavy atom. The third-order valence-corrected chi connectivity index (χ3v) is 7.31. The molecule has 0 spiro atoms. The molecule has 7 nitrogen and oxygen atoms in total. The maximum absolute atomic E-state index is 13.0. The second-order valence-corrected chi connectivity index (χ2v) is 9.21. The van der Waals surface area contributed by atoms with E-state index in [0.717, 1.165) is 60.7 Å². The predicted octanol–water partition coefficient (Wildman–Crippen LogP) is 3.82. The highest BCUT2D eigenvalue weighted by molar-refractivity contribution is 5.80. The minimum absolute atomic E-state index is 0.159. The second-order valence-electron chi connectivity index (χ2n) is 9.21. The van der Waals surface area contributed by atoms with Gasteiger partial charge in [0.1, 0.15) is 0 Å². The summed E-state index contributed by atoms with van der Waals surface area (Å²) in [4.78, 5) is 17.2. The van der Waals surface area contributed by atoms with Crippen LogP contribution in [0.2, 0.25) is 0 Å². The SMILES string of the molecule is C=C(C1Cc2cc(OC)c(OC)cc21)N(C)CCCN1CCc2cc(OC)c(OC)cc2CC1=O. The number of carbonyl (C=O) groups excluding carboxylic acids is 1. The Bertz CT molecular complexity index is 1110. The number of likely N-dealkylation sites (N-methyl/N-ethyl adjacent to an activating group) is 1. The summed E-state index contributed by atoms with van der Waals surface area (Å²) in [6.07, 6.45) is 3.04. The van der Waals surface area contributed by atoms with Gasteiger partial charge in [0.2, 0.25) is 5.91 Å². The number of rotatable bonds is 10. The Hall–Kier alpha value is -3.35. The summed E-state index contributed by atoms with van der Waals surface area (Å²) >= 11 is 0. The number of carbonyl (C=O) groups is 1. The fourth-order valence-electron chi connectivity index (χ4n) is 5.09. The van der Waals surface area contributed by atoms with E-state index in [9.17, 15) is 4.79 Å². The maximum atomic E-state index is 13.0. The van der Waals surface area contributed by atoms with E-state index >= 15 is 0 Å². The van der Waals surface area contributed by atoms with Crippen LogP contribution in [0.25, 0.3) is 0 Å². The van der Waals surface area contributed by atoms with Gasteiger partial charge in [-0.25, -0.2) is 0 Å². The number of hydrogen-bond acceptors (Lipinski definition) is 6. The zero-order valence-electron chi connectivity index (χ0n) is 21.5. The molecule has 2 aromatic rings. The molecule has 1 heterocycles. The van der Waals surface area contributed by atoms with Crippen LogP contribution >= 0.6 is 0 Å². The fraction of sp³-hybridized carbons (Fsp3) is 0.464. The molecule has 188 valence electrons. The van der Waals surface area contributed by atoms with Crippen LogP contribution in [0.4, 0.5) is 0 Å². The number of allylic oxidation sites excluding steroid dienone is 1. The van der Waals surface area contributed by atoms with Crippen molar-refractivity contribution in [2.45, 2.75) is 31.6 Å². The summed E-state index contributed by atoms with van der Waals surface area (Å²) in [5, 5.41) is 0. The van der Waals surface area contributed by atoms with E-state index in [1.807, 2.05) is 17.0 Å². The Kier molecular flexibility index (Phi) is 7.43. The third-order valence-electron chi connectivity index (χ3n) is 7.31. The first kappa shape index (κ1) is 24.8. The van der Waals surface area contributed by atoms with E-state index in [0.29, 0.717) is 24.5 Å². The van der Waals surface area contributed by atoms with Crippen LogP contribution in [0.1, 0.15) is 34.6 Å². The minimum atomic E-state index is 0.159. The van der Waals surface area contributed by atoms with Crippen LogP contribution in [0.3, 0.4) is 0 Å². The molecular weight excluding hydrogens is 444 g/mol. The molecule has 0 saturated carbocycles. The summed E-state index contributed by atoms with van der Waals surface area (Å²) in [5.74, 6) is 3.34. The number of hydrogen-bond donors (Lipinski definition) is 0. The highest BCUT2D eigenvalue weighted by Gasteiger charge is 2.32. The van der Waals surface area contributed by atoms with Gasteiger partial charge in [0, 0.05) is 38.3 Å². The molecule has 1 aliphatic heterocycles. The van der Waals surface area contributed by atoms with E-state index in [1.54, 1.807) is 28.4 Å². The van der Waals surface area contributed by atoms with Crippen molar-refractivity contribution < 1.29 is 23.7 Å². The quantitative estimate of drug-likeness (QED) is 0.515. The van der Waals surface area contributed by atoms with E-state index in [1.165, 1.54) is 11.1 Å². The summed E-state index contributed by atoms with van der Waals surface area (Å²) in [6.45, 7) is 6.66. The lowest BCUT2D eigenvalue weighted by molar-refractivity contribution is -0.130. The Morgan fingerprint density at radius 1 is 0.943 bits per heavy atom. The van der Waals surface area contributed by atoms with Crippen molar-refractivity contribution in [1.29, 1.82) is 0 Å². The zero-order valence-corrected chi connectivity index (χ0v) is 21.5. The smallest absolute Gasteiger partial charge is 0.227 e. The highest BCUT2D eigenvalue weighted by Crippen LogP contribution is 2.45. The molecule has 1 aliphatic carbocycles. The van der Waals surface area contributed by atoms with Gasteiger partial charge in [0.25, 0.3) is 0 Å². The molecule has 0 N–H and O–H groups in total. The van der Waals surface area contributed by atoms with Gasteiger partial charge in [-0.15, -0.1) is 0 Å². The molecule has 35 heavy (non-hydrogen) atoms. The van der Waals surface area contributed by atoms with Crippen molar-refractivity contribution in [1.82, 2.24) is 9.80 Å². The first-order valence-electron chi connectivity index (χ1n) is 12.1. The van der Waals surface area contributed by atoms with Gasteiger partial charge in [0.05, 0.1) is 34.9 Å². The molecule has 2 aromatic carbocycles. The van der Waals surface area contributed by atoms with Crippen LogP contribution in [0.15, 0.2) is 36.5 Å². The van der Waals surface area contributed by atoms with Gasteiger partial charge in [-0.1, -0.05) is 6.58 Å². The average molecular weight is 481 g/mol. The topological polar surface area (TPSA) is 60.5 Å². The third kappa shape index (κ3) is 4.90. The van der Waals surface area contributed by atoms with Gasteiger partial charge in [-0.2, -0.15) is 0 Å². The standard InChI is InChI=1S/C28H36N2O5/c1-18(22-12-21-15-26(34-5)27(35-6)17-23(21)22)29(2)9-7-10-30-11-8-19-13-24(32-3)25(33-4)14-20(19)16-28(30)31/h13-15,17,22H,1,7-12,16H2,2-6H3. The Morgan fingerprint density at radius 2 is 1.51 bits per heavy atom. The molecule has 1 unspecified atom stereocenters. The molecule has 4 rings (SSSR count). The summed E-state index contributed by atoms with van der Waals surface area (Å²) in [6, 6.07) is 8.07. The lowest BCUT2D eigenvalue weighted by Gasteiger charge is -2.37. The highest BCUT2D eigenvalue weighted by atomic mass is 16.5. The van der Waals surface area contributed by atoms with Crippen molar-refractivity contribution in [2.75, 3.05) is 55.1 Å². The molecule has 7 heteroatoms. The predicted molar refractivity (Wildman–Crippen MR) is 136 cm³/mol. The van der Waals surface area contributed by atoms with Crippen LogP contribution in [-0.4, -0.2) is 70.8 Å². The van der Waals surface area contributed by atoms with Crippen LogP contribution in [0, 0.1) is 0 Å². The largest absolute Gasteiger partial charge is 0.493 e. The molecule has 0 fully saturated rings. The summed E-state index contributed by atoms with van der Waals surface area (Å²) in [7, 11) is 8.66. The Balaban J connectivity index is 1.32. The molecule has 1 amide bonds. The molecule has 2 aliphatic rings. The average Bonchev–Trinajstić information content (AvgIpc) is 3.01. The van der Waals surface area contributed by atoms with Gasteiger partial charge in [0.15, 0.2) is 23.0 Å². The maximum Gasteiger partial charge on any atom is 0.227 e. The molecule has 0 aromatic heterocycles. The number of benzene rings is 2. The van der Waals surface area contributed by atoms with Gasteiger partial charge in [-0.3, -0.25) is 4.79 Å². The molecule has 0 saturated heterocycles. The summed E-state index contributed by atoms with van der Waals surface area (Å²) in [5.41, 5.74) is 5.81. The number of ether oxygens (including phenoxy) is 4. The number of amides is 1. The zero-order chi connectivity index (χ0) is 25.1. The molecule has 0 bridgehead atoms. The normalized spacial score (nSPS) is 16.4. The van der Waals surface area contributed by atoms with Crippen LogP contribution in [0.5, 0.6) is 23.0 Å². The second kappa shape index (κ2) is 10.5. The fourth-order valence-corrected chi connectivity index (χ4v) is 5.09. The van der Waals surface area contributed by atoms with Gasteiger partial charge < -0.3 is 28.7 Å². The Labute approximate surface area is 208 Å². The number of methoxy groups -OCH3 is 4. The van der Waals surface area contributed by atoms with E-state index in [2.05, 4.69) is 30.7 Å². The van der Waals surface area contributed by atoms with Crippen LogP contribution in [-0.2, 0) is 24.1 Å². The number of nitrogens with zero attached hydrogens (tertiary/aromatic N) is 2. The van der Waals surface area contributed by atoms with Crippen molar-refractivity contribution in [3.63, 3.8) is 0 Å². The molecule has 0 radical (unpaired) electrons. The van der Waals surface area contributed by atoms with Crippen molar-refractivity contribution in [3.8, 4) is 23.0 Å². The summed E-state index contributed by atoms with van der Waals surface area (Å²) < 4.78 is 21.8. The monoisotopic (exact) mass is 480 g/mol. The molecular formula is C28H36N2O5. The van der Waals surface area contributed by atoms with Crippen molar-refractivity contribution >= 4 is 5.91 Å². The van der Waals surface area contributed by atoms with Crippen LogP contribution < -0.4 is 18.9 Å². The lowest BCUT2D eigenvalue weighted by atomic mass is 9.75. The van der Waals surface area contributed by atoms with Gasteiger partial charge >= 0.3 is 0 Å². The van der Waals surface area contributed by atoms with E-state index < -0.39 is 0 Å². The van der Waals surface area contributed by atoms with Gasteiger partial charge in [-0.05, 0) is 65.8 Å². The first-order valence-corrected chi connectivity index (χ1v) is 12.1. The number of fused-ring (bicyclic) bond motifs is 2.